The Kier molecular flexibility index (Phi) is 13.6. The Hall–Kier alpha value is -1.91. The van der Waals surface area contributed by atoms with Crippen molar-refractivity contribution in [1.82, 2.24) is 10.3 Å². The minimum atomic E-state index is -1.82. The maximum atomic E-state index is 13.7. The van der Waals surface area contributed by atoms with E-state index in [-0.39, 0.29) is 29.9 Å². The van der Waals surface area contributed by atoms with Gasteiger partial charge in [-0.05, 0) is 39.2 Å². The van der Waals surface area contributed by atoms with Gasteiger partial charge in [-0.3, -0.25) is 9.59 Å². The molecule has 1 aromatic rings. The summed E-state index contributed by atoms with van der Waals surface area (Å²) in [5.41, 5.74) is 1.50. The van der Waals surface area contributed by atoms with Gasteiger partial charge in [-0.25, -0.2) is 9.78 Å². The number of ketones is 1. The van der Waals surface area contributed by atoms with Gasteiger partial charge in [0.25, 0.3) is 0 Å². The first kappa shape index (κ1) is 36.3. The minimum Gasteiger partial charge on any atom is -0.430 e. The summed E-state index contributed by atoms with van der Waals surface area (Å²) >= 11 is 18.6. The van der Waals surface area contributed by atoms with Crippen LogP contribution in [0.1, 0.15) is 65.1 Å². The van der Waals surface area contributed by atoms with Crippen molar-refractivity contribution in [3.05, 3.63) is 45.5 Å². The maximum absolute atomic E-state index is 13.7. The van der Waals surface area contributed by atoms with Gasteiger partial charge < -0.3 is 19.9 Å². The SMILES string of the molecule is CC1=C[C@@H](C(C)=Cc2csc(C)n2)CNC(=O)C[C@H](O)C(C)(C)C(=O)[C@H](C)[C@@H](OC(=O)OCC(Cl)(Cl)Cl)[C@@H](C)C/C=C/1. The first-order chi connectivity index (χ1) is 19.4. The standard InChI is InChI=1S/C30H41Cl3N2O6S/c1-17-9-8-10-18(2)26(41-28(39)40-16-30(31,32)33)20(4)27(38)29(6,7)24(36)13-25(37)34-14-22(11-17)19(3)12-23-15-42-21(5)35-23/h8-9,11-12,15,18,20,22,24,26,36H,10,13-14,16H2,1-7H3,(H,34,37)/b9-8+,17-11?,19-12?/t18-,20+,22+,24-,26-/m0/s1. The van der Waals surface area contributed by atoms with Crippen molar-refractivity contribution in [3.8, 4) is 0 Å². The van der Waals surface area contributed by atoms with Crippen molar-refractivity contribution in [2.24, 2.45) is 23.2 Å². The number of hydrogen-bond acceptors (Lipinski definition) is 8. The molecule has 0 aromatic carbocycles. The highest BCUT2D eigenvalue weighted by Gasteiger charge is 2.43. The third kappa shape index (κ3) is 11.3. The van der Waals surface area contributed by atoms with E-state index in [0.29, 0.717) is 13.0 Å². The van der Waals surface area contributed by atoms with Crippen molar-refractivity contribution >= 4 is 70.1 Å². The summed E-state index contributed by atoms with van der Waals surface area (Å²) < 4.78 is 8.72. The molecule has 1 aromatic heterocycles. The molecule has 0 unspecified atom stereocenters. The van der Waals surface area contributed by atoms with Crippen molar-refractivity contribution in [3.63, 3.8) is 0 Å². The van der Waals surface area contributed by atoms with E-state index in [1.807, 2.05) is 51.3 Å². The lowest BCUT2D eigenvalue weighted by Gasteiger charge is -2.35. The number of ether oxygens (including phenoxy) is 2. The third-order valence-electron chi connectivity index (χ3n) is 7.37. The van der Waals surface area contributed by atoms with E-state index in [2.05, 4.69) is 16.4 Å². The third-order valence-corrected chi connectivity index (χ3v) is 8.49. The molecule has 2 N–H and O–H groups in total. The fraction of sp³-hybridized carbons (Fsp3) is 0.600. The number of amides is 1. The Morgan fingerprint density at radius 1 is 1.26 bits per heavy atom. The second-order valence-corrected chi connectivity index (χ2v) is 15.0. The zero-order valence-corrected chi connectivity index (χ0v) is 28.2. The van der Waals surface area contributed by atoms with Gasteiger partial charge in [0.2, 0.25) is 9.70 Å². The van der Waals surface area contributed by atoms with Gasteiger partial charge in [0.1, 0.15) is 18.5 Å². The van der Waals surface area contributed by atoms with E-state index in [0.717, 1.165) is 21.8 Å². The number of Topliss-reactive ketones (excluding diaryl/α,β-unsaturated/α-hetero) is 1. The number of aliphatic hydroxyl groups is 1. The van der Waals surface area contributed by atoms with Crippen molar-refractivity contribution in [1.29, 1.82) is 0 Å². The monoisotopic (exact) mass is 662 g/mol. The number of allylic oxidation sites excluding steroid dienone is 3. The summed E-state index contributed by atoms with van der Waals surface area (Å²) in [6.07, 6.45) is 4.88. The number of carbonyl (C=O) groups excluding carboxylic acids is 3. The van der Waals surface area contributed by atoms with Crippen LogP contribution in [0.5, 0.6) is 0 Å². The highest BCUT2D eigenvalue weighted by Crippen LogP contribution is 2.33. The van der Waals surface area contributed by atoms with Crippen LogP contribution in [-0.4, -0.2) is 57.1 Å². The van der Waals surface area contributed by atoms with E-state index in [1.165, 1.54) is 0 Å². The van der Waals surface area contributed by atoms with Crippen LogP contribution in [-0.2, 0) is 19.1 Å². The van der Waals surface area contributed by atoms with E-state index < -0.39 is 40.1 Å². The molecule has 1 amide bonds. The number of aliphatic hydroxyl groups excluding tert-OH is 1. The average Bonchev–Trinajstić information content (AvgIpc) is 3.30. The van der Waals surface area contributed by atoms with Crippen LogP contribution in [0.3, 0.4) is 0 Å². The van der Waals surface area contributed by atoms with Crippen molar-refractivity contribution < 1.29 is 29.0 Å². The number of nitrogens with zero attached hydrogens (tertiary/aromatic N) is 1. The Bertz CT molecular complexity index is 1200. The lowest BCUT2D eigenvalue weighted by molar-refractivity contribution is -0.143. The zero-order valence-electron chi connectivity index (χ0n) is 25.1. The summed E-state index contributed by atoms with van der Waals surface area (Å²) in [6.45, 7) is 12.3. The number of nitrogens with one attached hydrogen (secondary N) is 1. The number of hydrogen-bond donors (Lipinski definition) is 2. The number of aromatic nitrogens is 1. The highest BCUT2D eigenvalue weighted by atomic mass is 35.6. The van der Waals surface area contributed by atoms with Crippen molar-refractivity contribution in [2.45, 2.75) is 77.3 Å². The smallest absolute Gasteiger partial charge is 0.430 e. The number of thiazole rings is 1. The Labute approximate surface area is 267 Å². The number of rotatable bonds is 4. The molecule has 8 nitrogen and oxygen atoms in total. The molecule has 0 saturated heterocycles. The van der Waals surface area contributed by atoms with Gasteiger partial charge in [0.05, 0.1) is 34.6 Å². The van der Waals surface area contributed by atoms with Gasteiger partial charge in [-0.2, -0.15) is 0 Å². The molecule has 5 atom stereocenters. The summed E-state index contributed by atoms with van der Waals surface area (Å²) in [7, 11) is 0. The fourth-order valence-electron chi connectivity index (χ4n) is 4.74. The van der Waals surface area contributed by atoms with Gasteiger partial charge in [-0.15, -0.1) is 11.3 Å². The van der Waals surface area contributed by atoms with Crippen LogP contribution in [0, 0.1) is 30.1 Å². The van der Waals surface area contributed by atoms with Crippen LogP contribution < -0.4 is 5.32 Å². The Morgan fingerprint density at radius 3 is 2.52 bits per heavy atom. The maximum Gasteiger partial charge on any atom is 0.508 e. The van der Waals surface area contributed by atoms with Gasteiger partial charge >= 0.3 is 6.16 Å². The number of aryl methyl sites for hydroxylation is 1. The van der Waals surface area contributed by atoms with Gasteiger partial charge in [0, 0.05) is 17.8 Å². The molecule has 12 heteroatoms. The van der Waals surface area contributed by atoms with Crippen LogP contribution in [0.15, 0.2) is 34.8 Å². The molecular weight excluding hydrogens is 623 g/mol. The van der Waals surface area contributed by atoms with Crippen LogP contribution >= 0.6 is 46.1 Å². The second kappa shape index (κ2) is 15.7. The lowest BCUT2D eigenvalue weighted by atomic mass is 9.73. The molecule has 2 heterocycles. The molecule has 0 fully saturated rings. The van der Waals surface area contributed by atoms with Crippen LogP contribution in [0.4, 0.5) is 4.79 Å². The first-order valence-electron chi connectivity index (χ1n) is 13.7. The largest absolute Gasteiger partial charge is 0.508 e. The molecule has 2 rings (SSSR count). The predicted octanol–water partition coefficient (Wildman–Crippen LogP) is 7.00. The van der Waals surface area contributed by atoms with Crippen molar-refractivity contribution in [2.75, 3.05) is 13.2 Å². The molecule has 1 aliphatic rings. The second-order valence-electron chi connectivity index (χ2n) is 11.4. The molecule has 234 valence electrons. The van der Waals surface area contributed by atoms with E-state index in [9.17, 15) is 19.5 Å². The number of alkyl halides is 3. The van der Waals surface area contributed by atoms with Crippen LogP contribution in [0.2, 0.25) is 0 Å². The molecule has 1 aliphatic heterocycles. The van der Waals surface area contributed by atoms with Gasteiger partial charge in [0.15, 0.2) is 0 Å². The Balaban J connectivity index is 2.42. The van der Waals surface area contributed by atoms with E-state index in [4.69, 9.17) is 44.3 Å². The normalized spacial score (nSPS) is 27.5. The molecule has 0 spiro atoms. The topological polar surface area (TPSA) is 115 Å². The van der Waals surface area contributed by atoms with Gasteiger partial charge in [-0.1, -0.05) is 91.9 Å². The number of halogens is 3. The molecular formula is C30H41Cl3N2O6S. The molecule has 0 aliphatic carbocycles. The number of carbonyl (C=O) groups is 3. The van der Waals surface area contributed by atoms with E-state index in [1.54, 1.807) is 32.1 Å². The summed E-state index contributed by atoms with van der Waals surface area (Å²) in [5, 5.41) is 16.9. The zero-order chi connectivity index (χ0) is 31.8. The fourth-order valence-corrected chi connectivity index (χ4v) is 5.47. The quantitative estimate of drug-likeness (QED) is 0.263. The summed E-state index contributed by atoms with van der Waals surface area (Å²) in [6, 6.07) is 0. The summed E-state index contributed by atoms with van der Waals surface area (Å²) in [4.78, 5) is 43.6. The van der Waals surface area contributed by atoms with E-state index >= 15 is 0 Å². The molecule has 42 heavy (non-hydrogen) atoms. The minimum absolute atomic E-state index is 0.137. The molecule has 0 saturated carbocycles. The average molecular weight is 664 g/mol. The first-order valence-corrected chi connectivity index (χ1v) is 15.8. The predicted molar refractivity (Wildman–Crippen MR) is 169 cm³/mol. The highest BCUT2D eigenvalue weighted by molar-refractivity contribution is 7.09. The molecule has 0 radical (unpaired) electrons. The van der Waals surface area contributed by atoms with Crippen LogP contribution in [0.25, 0.3) is 6.08 Å². The Morgan fingerprint density at radius 2 is 1.93 bits per heavy atom. The molecule has 0 bridgehead atoms. The lowest BCUT2D eigenvalue weighted by Crippen LogP contribution is -2.47. The summed E-state index contributed by atoms with van der Waals surface area (Å²) in [5.74, 6) is -2.04.